The zero-order chi connectivity index (χ0) is 14.6. The van der Waals surface area contributed by atoms with E-state index in [4.69, 9.17) is 4.74 Å². The van der Waals surface area contributed by atoms with E-state index >= 15 is 0 Å². The second-order valence-electron chi connectivity index (χ2n) is 4.47. The molecule has 0 radical (unpaired) electrons. The Bertz CT molecular complexity index is 522. The van der Waals surface area contributed by atoms with Crippen LogP contribution in [0.2, 0.25) is 0 Å². The maximum absolute atomic E-state index is 11.6. The van der Waals surface area contributed by atoms with Crippen molar-refractivity contribution in [1.29, 1.82) is 0 Å². The van der Waals surface area contributed by atoms with Gasteiger partial charge in [-0.15, -0.1) is 0 Å². The Kier molecular flexibility index (Phi) is 5.33. The molecule has 1 rings (SSSR count). The third kappa shape index (κ3) is 3.92. The van der Waals surface area contributed by atoms with Crippen molar-refractivity contribution < 1.29 is 13.2 Å². The Labute approximate surface area is 114 Å². The lowest BCUT2D eigenvalue weighted by Crippen LogP contribution is -2.31. The molecule has 0 bridgehead atoms. The predicted molar refractivity (Wildman–Crippen MR) is 73.7 cm³/mol. The lowest BCUT2D eigenvalue weighted by atomic mass is 10.2. The van der Waals surface area contributed by atoms with Crippen molar-refractivity contribution in [2.75, 3.05) is 33.5 Å². The fourth-order valence-corrected chi connectivity index (χ4v) is 2.50. The fourth-order valence-electron chi connectivity index (χ4n) is 1.74. The summed E-state index contributed by atoms with van der Waals surface area (Å²) in [5.41, 5.74) is 1.83. The van der Waals surface area contributed by atoms with Crippen LogP contribution in [0.1, 0.15) is 11.3 Å². The second kappa shape index (κ2) is 6.36. The molecular formula is C11H22N4O3S. The van der Waals surface area contributed by atoms with E-state index in [0.717, 1.165) is 11.3 Å². The van der Waals surface area contributed by atoms with E-state index in [1.165, 1.54) is 18.4 Å². The molecular weight excluding hydrogens is 268 g/mol. The molecule has 0 amide bonds. The number of ether oxygens (including phenoxy) is 1. The third-order valence-corrected chi connectivity index (χ3v) is 4.71. The maximum Gasteiger partial charge on any atom is 0.216 e. The first-order valence-corrected chi connectivity index (χ1v) is 7.58. The number of hydrogen-bond donors (Lipinski definition) is 1. The van der Waals surface area contributed by atoms with Crippen molar-refractivity contribution >= 4 is 10.0 Å². The Balaban J connectivity index is 2.55. The number of nitrogens with zero attached hydrogens (tertiary/aromatic N) is 3. The van der Waals surface area contributed by atoms with Crippen molar-refractivity contribution in [2.45, 2.75) is 13.5 Å². The van der Waals surface area contributed by atoms with Gasteiger partial charge in [-0.25, -0.2) is 17.4 Å². The highest BCUT2D eigenvalue weighted by Crippen LogP contribution is 2.20. The van der Waals surface area contributed by atoms with E-state index in [9.17, 15) is 8.42 Å². The highest BCUT2D eigenvalue weighted by atomic mass is 32.2. The summed E-state index contributed by atoms with van der Waals surface area (Å²) in [6.07, 6.45) is 0. The van der Waals surface area contributed by atoms with Crippen molar-refractivity contribution in [3.8, 4) is 5.88 Å². The van der Waals surface area contributed by atoms with E-state index in [1.807, 2.05) is 14.0 Å². The Hall–Kier alpha value is -1.12. The standard InChI is InChI=1S/C11H22N4O3S/c1-9-10(11(18-5)15(4)13-9)8-12-6-7-19(16,17)14(2)3/h12H,6-8H2,1-5H3. The number of hydrogen-bond acceptors (Lipinski definition) is 5. The number of aromatic nitrogens is 2. The minimum Gasteiger partial charge on any atom is -0.481 e. The van der Waals surface area contributed by atoms with Gasteiger partial charge in [0, 0.05) is 34.2 Å². The van der Waals surface area contributed by atoms with Crippen molar-refractivity contribution in [3.05, 3.63) is 11.3 Å². The molecule has 0 unspecified atom stereocenters. The molecule has 0 aliphatic carbocycles. The van der Waals surface area contributed by atoms with Gasteiger partial charge in [0.05, 0.1) is 24.1 Å². The SMILES string of the molecule is COc1c(CNCCS(=O)(=O)N(C)C)c(C)nn1C. The van der Waals surface area contributed by atoms with Crippen LogP contribution in [0.5, 0.6) is 5.88 Å². The zero-order valence-electron chi connectivity index (χ0n) is 12.1. The Morgan fingerprint density at radius 3 is 2.58 bits per heavy atom. The number of rotatable bonds is 7. The predicted octanol–water partition coefficient (Wildman–Crippen LogP) is -0.282. The van der Waals surface area contributed by atoms with Crippen molar-refractivity contribution in [1.82, 2.24) is 19.4 Å². The molecule has 1 aromatic rings. The summed E-state index contributed by atoms with van der Waals surface area (Å²) in [6, 6.07) is 0. The minimum absolute atomic E-state index is 0.0711. The molecule has 0 saturated carbocycles. The highest BCUT2D eigenvalue weighted by Gasteiger charge is 2.15. The first-order valence-electron chi connectivity index (χ1n) is 5.97. The summed E-state index contributed by atoms with van der Waals surface area (Å²) in [6.45, 7) is 2.82. The average Bonchev–Trinajstić information content (AvgIpc) is 2.58. The minimum atomic E-state index is -3.15. The largest absolute Gasteiger partial charge is 0.481 e. The van der Waals surface area contributed by atoms with Gasteiger partial charge in [-0.05, 0) is 6.92 Å². The van der Waals surface area contributed by atoms with Gasteiger partial charge in [0.25, 0.3) is 0 Å². The van der Waals surface area contributed by atoms with Gasteiger partial charge >= 0.3 is 0 Å². The second-order valence-corrected chi connectivity index (χ2v) is 6.77. The van der Waals surface area contributed by atoms with E-state index in [-0.39, 0.29) is 5.75 Å². The lowest BCUT2D eigenvalue weighted by Gasteiger charge is -2.11. The summed E-state index contributed by atoms with van der Waals surface area (Å²) in [7, 11) is 3.31. The molecule has 0 fully saturated rings. The van der Waals surface area contributed by atoms with Crippen LogP contribution in [0.3, 0.4) is 0 Å². The van der Waals surface area contributed by atoms with Crippen LogP contribution >= 0.6 is 0 Å². The van der Waals surface area contributed by atoms with Crippen LogP contribution in [-0.2, 0) is 23.6 Å². The van der Waals surface area contributed by atoms with Gasteiger partial charge < -0.3 is 10.1 Å². The molecule has 0 aliphatic heterocycles. The summed E-state index contributed by atoms with van der Waals surface area (Å²) in [5.74, 6) is 0.766. The van der Waals surface area contributed by atoms with Gasteiger partial charge in [-0.2, -0.15) is 5.10 Å². The summed E-state index contributed by atoms with van der Waals surface area (Å²) in [4.78, 5) is 0. The highest BCUT2D eigenvalue weighted by molar-refractivity contribution is 7.89. The number of sulfonamides is 1. The molecule has 8 heteroatoms. The molecule has 0 saturated heterocycles. The number of methoxy groups -OCH3 is 1. The number of aryl methyl sites for hydroxylation is 2. The molecule has 0 atom stereocenters. The lowest BCUT2D eigenvalue weighted by molar-refractivity contribution is 0.368. The van der Waals surface area contributed by atoms with Crippen molar-refractivity contribution in [3.63, 3.8) is 0 Å². The monoisotopic (exact) mass is 290 g/mol. The molecule has 0 aromatic carbocycles. The van der Waals surface area contributed by atoms with Gasteiger partial charge in [0.15, 0.2) is 0 Å². The molecule has 1 heterocycles. The van der Waals surface area contributed by atoms with Gasteiger partial charge in [-0.1, -0.05) is 0 Å². The Morgan fingerprint density at radius 1 is 1.42 bits per heavy atom. The molecule has 1 aromatic heterocycles. The smallest absolute Gasteiger partial charge is 0.216 e. The first-order chi connectivity index (χ1) is 8.79. The average molecular weight is 290 g/mol. The molecule has 7 nitrogen and oxygen atoms in total. The van der Waals surface area contributed by atoms with Crippen LogP contribution in [0, 0.1) is 6.92 Å². The maximum atomic E-state index is 11.6. The van der Waals surface area contributed by atoms with Gasteiger partial charge in [-0.3, -0.25) is 0 Å². The fraction of sp³-hybridized carbons (Fsp3) is 0.727. The van der Waals surface area contributed by atoms with Crippen LogP contribution in [0.15, 0.2) is 0 Å². The van der Waals surface area contributed by atoms with Gasteiger partial charge in [0.2, 0.25) is 15.9 Å². The van der Waals surface area contributed by atoms with Crippen LogP contribution in [0.25, 0.3) is 0 Å². The Morgan fingerprint density at radius 2 is 2.05 bits per heavy atom. The molecule has 1 N–H and O–H groups in total. The van der Waals surface area contributed by atoms with Crippen LogP contribution < -0.4 is 10.1 Å². The molecule has 0 aliphatic rings. The van der Waals surface area contributed by atoms with Crippen LogP contribution in [0.4, 0.5) is 0 Å². The van der Waals surface area contributed by atoms with Crippen LogP contribution in [-0.4, -0.2) is 56.0 Å². The van der Waals surface area contributed by atoms with E-state index in [0.29, 0.717) is 19.0 Å². The van der Waals surface area contributed by atoms with Crippen molar-refractivity contribution in [2.24, 2.45) is 7.05 Å². The zero-order valence-corrected chi connectivity index (χ0v) is 12.9. The quantitative estimate of drug-likeness (QED) is 0.699. The summed E-state index contributed by atoms with van der Waals surface area (Å²) >= 11 is 0. The number of nitrogens with one attached hydrogen (secondary N) is 1. The molecule has 19 heavy (non-hydrogen) atoms. The molecule has 0 spiro atoms. The van der Waals surface area contributed by atoms with E-state index in [2.05, 4.69) is 10.4 Å². The summed E-state index contributed by atoms with van der Waals surface area (Å²) in [5, 5.41) is 7.37. The molecule has 110 valence electrons. The van der Waals surface area contributed by atoms with Gasteiger partial charge in [0.1, 0.15) is 0 Å². The third-order valence-electron chi connectivity index (χ3n) is 2.88. The normalized spacial score (nSPS) is 12.1. The topological polar surface area (TPSA) is 76.5 Å². The van der Waals surface area contributed by atoms with E-state index in [1.54, 1.807) is 11.8 Å². The first kappa shape index (κ1) is 15.9. The van der Waals surface area contributed by atoms with E-state index < -0.39 is 10.0 Å². The summed E-state index contributed by atoms with van der Waals surface area (Å²) < 4.78 is 31.3.